The van der Waals surface area contributed by atoms with Crippen molar-refractivity contribution in [3.63, 3.8) is 0 Å². The summed E-state index contributed by atoms with van der Waals surface area (Å²) in [6.07, 6.45) is 1.92. The highest BCUT2D eigenvalue weighted by atomic mass is 19.1. The van der Waals surface area contributed by atoms with Crippen molar-refractivity contribution >= 4 is 0 Å². The van der Waals surface area contributed by atoms with E-state index in [9.17, 15) is 4.39 Å². The minimum absolute atomic E-state index is 0.127. The molecule has 0 aliphatic carbocycles. The fourth-order valence-electron chi connectivity index (χ4n) is 2.80. The minimum Gasteiger partial charge on any atom is -0.497 e. The predicted molar refractivity (Wildman–Crippen MR) is 71.2 cm³/mol. The Balaban J connectivity index is 2.26. The second kappa shape index (κ2) is 6.32. The molecule has 1 heterocycles. The molecule has 19 heavy (non-hydrogen) atoms. The van der Waals surface area contributed by atoms with Crippen molar-refractivity contribution in [2.24, 2.45) is 11.8 Å². The number of ether oxygens (including phenoxy) is 2. The van der Waals surface area contributed by atoms with Crippen molar-refractivity contribution < 1.29 is 13.9 Å². The summed E-state index contributed by atoms with van der Waals surface area (Å²) in [6.45, 7) is 2.78. The van der Waals surface area contributed by atoms with Crippen LogP contribution in [0.3, 0.4) is 0 Å². The molecule has 1 aromatic rings. The van der Waals surface area contributed by atoms with Crippen LogP contribution in [0.1, 0.15) is 31.4 Å². The van der Waals surface area contributed by atoms with Crippen LogP contribution in [0.5, 0.6) is 5.75 Å². The zero-order chi connectivity index (χ0) is 13.8. The van der Waals surface area contributed by atoms with Crippen molar-refractivity contribution in [2.75, 3.05) is 13.7 Å². The van der Waals surface area contributed by atoms with Gasteiger partial charge >= 0.3 is 0 Å². The number of hydrogen-bond acceptors (Lipinski definition) is 4. The third-order valence-electron chi connectivity index (χ3n) is 3.81. The zero-order valence-corrected chi connectivity index (χ0v) is 11.4. The van der Waals surface area contributed by atoms with Crippen LogP contribution in [0.25, 0.3) is 0 Å². The van der Waals surface area contributed by atoms with E-state index in [4.69, 9.17) is 15.3 Å². The topological polar surface area (TPSA) is 56.5 Å². The highest BCUT2D eigenvalue weighted by Gasteiger charge is 2.35. The molecule has 0 spiro atoms. The molecule has 106 valence electrons. The maximum absolute atomic E-state index is 14.1. The lowest BCUT2D eigenvalue weighted by atomic mass is 9.87. The SMILES string of the molecule is CCC1OCCC1C(NN)c1ccc(OC)cc1F. The van der Waals surface area contributed by atoms with Gasteiger partial charge in [-0.1, -0.05) is 13.0 Å². The van der Waals surface area contributed by atoms with Crippen LogP contribution in [0.2, 0.25) is 0 Å². The number of nitrogens with one attached hydrogen (secondary N) is 1. The summed E-state index contributed by atoms with van der Waals surface area (Å²) in [7, 11) is 1.52. The summed E-state index contributed by atoms with van der Waals surface area (Å²) in [5, 5.41) is 0. The van der Waals surface area contributed by atoms with Gasteiger partial charge in [-0.3, -0.25) is 11.3 Å². The first-order valence-electron chi connectivity index (χ1n) is 6.62. The molecule has 0 bridgehead atoms. The number of nitrogens with two attached hydrogens (primary N) is 1. The smallest absolute Gasteiger partial charge is 0.131 e. The Bertz CT molecular complexity index is 428. The molecule has 0 amide bonds. The zero-order valence-electron chi connectivity index (χ0n) is 11.4. The molecule has 3 N–H and O–H groups in total. The summed E-state index contributed by atoms with van der Waals surface area (Å²) >= 11 is 0. The van der Waals surface area contributed by atoms with Crippen molar-refractivity contribution in [2.45, 2.75) is 31.9 Å². The Hall–Kier alpha value is -1.17. The number of hydrogen-bond donors (Lipinski definition) is 2. The average Bonchev–Trinajstić information content (AvgIpc) is 2.89. The molecule has 4 nitrogen and oxygen atoms in total. The standard InChI is InChI=1S/C14H21FN2O2/c1-3-13-11(6-7-19-13)14(17-16)10-5-4-9(18-2)8-12(10)15/h4-5,8,11,13-14,17H,3,6-7,16H2,1-2H3. The molecule has 2 rings (SSSR count). The molecule has 3 unspecified atom stereocenters. The molecule has 5 heteroatoms. The van der Waals surface area contributed by atoms with E-state index in [2.05, 4.69) is 12.3 Å². The van der Waals surface area contributed by atoms with Gasteiger partial charge in [-0.25, -0.2) is 4.39 Å². The van der Waals surface area contributed by atoms with Crippen LogP contribution in [0, 0.1) is 11.7 Å². The molecule has 0 aromatic heterocycles. The summed E-state index contributed by atoms with van der Waals surface area (Å²) in [6, 6.07) is 4.62. The van der Waals surface area contributed by atoms with E-state index in [1.165, 1.54) is 13.2 Å². The number of methoxy groups -OCH3 is 1. The second-order valence-corrected chi connectivity index (χ2v) is 4.80. The molecule has 1 aliphatic rings. The van der Waals surface area contributed by atoms with E-state index in [1.54, 1.807) is 12.1 Å². The van der Waals surface area contributed by atoms with Gasteiger partial charge in [0.05, 0.1) is 19.3 Å². The van der Waals surface area contributed by atoms with Gasteiger partial charge in [-0.2, -0.15) is 0 Å². The van der Waals surface area contributed by atoms with Crippen molar-refractivity contribution in [3.05, 3.63) is 29.6 Å². The maximum Gasteiger partial charge on any atom is 0.131 e. The van der Waals surface area contributed by atoms with E-state index in [0.29, 0.717) is 17.9 Å². The van der Waals surface area contributed by atoms with E-state index in [1.807, 2.05) is 0 Å². The quantitative estimate of drug-likeness (QED) is 0.634. The van der Waals surface area contributed by atoms with E-state index < -0.39 is 0 Å². The molecule has 0 saturated carbocycles. The lowest BCUT2D eigenvalue weighted by Gasteiger charge is -2.27. The molecular weight excluding hydrogens is 247 g/mol. The lowest BCUT2D eigenvalue weighted by Crippen LogP contribution is -2.37. The third-order valence-corrected chi connectivity index (χ3v) is 3.81. The van der Waals surface area contributed by atoms with Gasteiger partial charge in [0, 0.05) is 24.2 Å². The van der Waals surface area contributed by atoms with Crippen LogP contribution in [-0.4, -0.2) is 19.8 Å². The summed E-state index contributed by atoms with van der Waals surface area (Å²) < 4.78 is 24.8. The van der Waals surface area contributed by atoms with Crippen LogP contribution < -0.4 is 16.0 Å². The van der Waals surface area contributed by atoms with Gasteiger partial charge in [0.25, 0.3) is 0 Å². The molecule has 0 radical (unpaired) electrons. The first-order valence-corrected chi connectivity index (χ1v) is 6.62. The normalized spacial score (nSPS) is 24.4. The monoisotopic (exact) mass is 268 g/mol. The molecule has 1 aromatic carbocycles. The minimum atomic E-state index is -0.302. The van der Waals surface area contributed by atoms with Gasteiger partial charge in [-0.05, 0) is 18.9 Å². The van der Waals surface area contributed by atoms with Gasteiger partial charge < -0.3 is 9.47 Å². The molecule has 1 saturated heterocycles. The average molecular weight is 268 g/mol. The fraction of sp³-hybridized carbons (Fsp3) is 0.571. The van der Waals surface area contributed by atoms with E-state index in [-0.39, 0.29) is 23.9 Å². The van der Waals surface area contributed by atoms with Crippen LogP contribution >= 0.6 is 0 Å². The Morgan fingerprint density at radius 1 is 1.58 bits per heavy atom. The Morgan fingerprint density at radius 3 is 2.95 bits per heavy atom. The first kappa shape index (κ1) is 14.2. The summed E-state index contributed by atoms with van der Waals surface area (Å²) in [5.41, 5.74) is 3.31. The number of halogens is 1. The van der Waals surface area contributed by atoms with Gasteiger partial charge in [-0.15, -0.1) is 0 Å². The number of rotatable bonds is 5. The third kappa shape index (κ3) is 2.88. The van der Waals surface area contributed by atoms with Crippen molar-refractivity contribution in [1.29, 1.82) is 0 Å². The lowest BCUT2D eigenvalue weighted by molar-refractivity contribution is 0.0770. The summed E-state index contributed by atoms with van der Waals surface area (Å²) in [5.74, 6) is 6.03. The maximum atomic E-state index is 14.1. The predicted octanol–water partition coefficient (Wildman–Crippen LogP) is 2.15. The van der Waals surface area contributed by atoms with E-state index in [0.717, 1.165) is 12.8 Å². The largest absolute Gasteiger partial charge is 0.497 e. The highest BCUT2D eigenvalue weighted by Crippen LogP contribution is 2.36. The van der Waals surface area contributed by atoms with Crippen LogP contribution in [-0.2, 0) is 4.74 Å². The van der Waals surface area contributed by atoms with E-state index >= 15 is 0 Å². The number of hydrazine groups is 1. The molecule has 1 fully saturated rings. The van der Waals surface area contributed by atoms with Crippen LogP contribution in [0.15, 0.2) is 18.2 Å². The van der Waals surface area contributed by atoms with Gasteiger partial charge in [0.1, 0.15) is 11.6 Å². The number of benzene rings is 1. The van der Waals surface area contributed by atoms with Crippen molar-refractivity contribution in [3.8, 4) is 5.75 Å². The summed E-state index contributed by atoms with van der Waals surface area (Å²) in [4.78, 5) is 0. The van der Waals surface area contributed by atoms with Crippen molar-refractivity contribution in [1.82, 2.24) is 5.43 Å². The Kier molecular flexibility index (Phi) is 4.74. The van der Waals surface area contributed by atoms with Gasteiger partial charge in [0.2, 0.25) is 0 Å². The molecule has 3 atom stereocenters. The Labute approximate surface area is 113 Å². The first-order chi connectivity index (χ1) is 9.21. The second-order valence-electron chi connectivity index (χ2n) is 4.80. The van der Waals surface area contributed by atoms with Gasteiger partial charge in [0.15, 0.2) is 0 Å². The van der Waals surface area contributed by atoms with Crippen LogP contribution in [0.4, 0.5) is 4.39 Å². The fourth-order valence-corrected chi connectivity index (χ4v) is 2.80. The molecular formula is C14H21FN2O2. The Morgan fingerprint density at radius 2 is 2.37 bits per heavy atom. The molecule has 1 aliphatic heterocycles. The highest BCUT2D eigenvalue weighted by molar-refractivity contribution is 5.31.